The van der Waals surface area contributed by atoms with Crippen LogP contribution in [-0.2, 0) is 25.9 Å². The van der Waals surface area contributed by atoms with E-state index in [4.69, 9.17) is 0 Å². The van der Waals surface area contributed by atoms with Gasteiger partial charge in [-0.2, -0.15) is 0 Å². The van der Waals surface area contributed by atoms with E-state index < -0.39 is 0 Å². The quantitative estimate of drug-likeness (QED) is 0.283. The smallest absolute Gasteiger partial charge is 1.00 e. The molecule has 164 valence electrons. The minimum absolute atomic E-state index is 0. The maximum Gasteiger partial charge on any atom is -1.00 e. The van der Waals surface area contributed by atoms with Crippen LogP contribution in [0.1, 0.15) is 40.3 Å². The zero-order valence-electron chi connectivity index (χ0n) is 18.8. The van der Waals surface area contributed by atoms with Gasteiger partial charge in [-0.15, -0.1) is 0 Å². The molecule has 0 saturated heterocycles. The molecule has 32 heavy (non-hydrogen) atoms. The molecular formula is C28H27Cl3Ti. The number of hydrogen-bond donors (Lipinski definition) is 0. The average molecular weight is 518 g/mol. The van der Waals surface area contributed by atoms with Crippen LogP contribution in [0, 0.1) is 20.8 Å². The molecule has 0 amide bonds. The van der Waals surface area contributed by atoms with Gasteiger partial charge in [0.05, 0.1) is 0 Å². The van der Waals surface area contributed by atoms with Crippen molar-refractivity contribution in [2.75, 3.05) is 0 Å². The predicted octanol–water partition coefficient (Wildman–Crippen LogP) is -1.82. The minimum Gasteiger partial charge on any atom is -1.00 e. The van der Waals surface area contributed by atoms with Crippen molar-refractivity contribution in [3.8, 4) is 0 Å². The number of halogens is 3. The van der Waals surface area contributed by atoms with Gasteiger partial charge in [0.2, 0.25) is 0 Å². The van der Waals surface area contributed by atoms with E-state index in [9.17, 15) is 0 Å². The number of rotatable bonds is 4. The molecule has 0 heterocycles. The van der Waals surface area contributed by atoms with Gasteiger partial charge in [-0.1, -0.05) is 0 Å². The Morgan fingerprint density at radius 1 is 0.625 bits per heavy atom. The Balaban J connectivity index is 0.00000171. The summed E-state index contributed by atoms with van der Waals surface area (Å²) in [6.45, 7) is 8.85. The Labute approximate surface area is 223 Å². The molecule has 0 fully saturated rings. The van der Waals surface area contributed by atoms with Crippen molar-refractivity contribution >= 4 is 0 Å². The van der Waals surface area contributed by atoms with Gasteiger partial charge in [-0.25, -0.2) is 0 Å². The van der Waals surface area contributed by atoms with Gasteiger partial charge in [0.25, 0.3) is 0 Å². The van der Waals surface area contributed by atoms with Gasteiger partial charge in [-0.3, -0.25) is 0 Å². The molecule has 1 aliphatic carbocycles. The average Bonchev–Trinajstić information content (AvgIpc) is 3.02. The van der Waals surface area contributed by atoms with E-state index in [1.54, 1.807) is 0 Å². The van der Waals surface area contributed by atoms with Gasteiger partial charge in [0.1, 0.15) is 0 Å². The van der Waals surface area contributed by atoms with Crippen LogP contribution in [-0.4, -0.2) is 0 Å². The molecule has 1 unspecified atom stereocenters. The molecule has 3 aromatic rings. The zero-order valence-corrected chi connectivity index (χ0v) is 22.6. The summed E-state index contributed by atoms with van der Waals surface area (Å²) in [7, 11) is 0. The van der Waals surface area contributed by atoms with Crippen LogP contribution < -0.4 is 37.2 Å². The van der Waals surface area contributed by atoms with Crippen molar-refractivity contribution in [2.24, 2.45) is 0 Å². The van der Waals surface area contributed by atoms with Crippen molar-refractivity contribution in [3.05, 3.63) is 130 Å². The maximum absolute atomic E-state index is 2.40. The molecule has 0 saturated carbocycles. The van der Waals surface area contributed by atoms with E-state index in [0.29, 0.717) is 0 Å². The molecule has 0 nitrogen and oxygen atoms in total. The van der Waals surface area contributed by atoms with Crippen LogP contribution in [0.25, 0.3) is 0 Å². The largest absolute Gasteiger partial charge is 1.00 e. The molecule has 0 radical (unpaired) electrons. The van der Waals surface area contributed by atoms with Crippen LogP contribution in [0.3, 0.4) is 0 Å². The normalized spacial score (nSPS) is 17.0. The summed E-state index contributed by atoms with van der Waals surface area (Å²) in [6, 6.07) is 27.2. The van der Waals surface area contributed by atoms with Crippen molar-refractivity contribution in [3.63, 3.8) is 0 Å². The van der Waals surface area contributed by atoms with Crippen molar-refractivity contribution < 1.29 is 57.7 Å². The first-order chi connectivity index (χ1) is 13.9. The third-order valence-corrected chi connectivity index (χ3v) is 7.72. The first-order valence-corrected chi connectivity index (χ1v) is 11.0. The van der Waals surface area contributed by atoms with Crippen molar-refractivity contribution in [1.29, 1.82) is 0 Å². The van der Waals surface area contributed by atoms with Crippen LogP contribution >= 0.6 is 0 Å². The Bertz CT molecular complexity index is 1020. The van der Waals surface area contributed by atoms with Crippen molar-refractivity contribution in [1.82, 2.24) is 0 Å². The van der Waals surface area contributed by atoms with E-state index in [-0.39, 0.29) is 46.4 Å². The first kappa shape index (κ1) is 28.8. The van der Waals surface area contributed by atoms with Gasteiger partial charge >= 0.3 is 187 Å². The third kappa shape index (κ3) is 4.67. The van der Waals surface area contributed by atoms with E-state index in [0.717, 1.165) is 0 Å². The summed E-state index contributed by atoms with van der Waals surface area (Å²) >= 11 is 2.40. The molecule has 0 bridgehead atoms. The molecule has 4 rings (SSSR count). The summed E-state index contributed by atoms with van der Waals surface area (Å²) in [4.78, 5) is 0. The standard InChI is InChI=1S/C28H27.3ClH.Ti/c1-20-9-5-13-24(17-20)28(27-16-8-12-23(27)4,25-14-6-10-21(2)18-25)26-15-7-11-22(3)19-26;;;;/h5-19H,1-4H3;3*1H;/q;;;;+3/p-3. The molecule has 0 aromatic heterocycles. The Hall–Kier alpha value is -1.28. The number of allylic oxidation sites excluding steroid dienone is 4. The second-order valence-corrected chi connectivity index (χ2v) is 9.61. The molecule has 1 aliphatic rings. The van der Waals surface area contributed by atoms with E-state index in [1.807, 2.05) is 0 Å². The monoisotopic (exact) mass is 516 g/mol. The third-order valence-electron chi connectivity index (χ3n) is 6.26. The fraction of sp³-hybridized carbons (Fsp3) is 0.214. The molecule has 3 aromatic carbocycles. The SMILES string of the molecule is CC1=CC=C[C]1([Ti+3])C(c1cccc(C)c1)(c1cccc(C)c1)c1cccc(C)c1.[Cl-].[Cl-].[Cl-]. The molecule has 0 aliphatic heterocycles. The number of aryl methyl sites for hydroxylation is 3. The van der Waals surface area contributed by atoms with Crippen LogP contribution in [0.5, 0.6) is 0 Å². The van der Waals surface area contributed by atoms with Crippen LogP contribution in [0.15, 0.2) is 96.6 Å². The fourth-order valence-corrected chi connectivity index (χ4v) is 5.79. The summed E-state index contributed by atoms with van der Waals surface area (Å²) < 4.78 is -0.164. The van der Waals surface area contributed by atoms with E-state index in [1.165, 1.54) is 39.0 Å². The number of benzene rings is 3. The Morgan fingerprint density at radius 2 is 1.00 bits per heavy atom. The zero-order chi connectivity index (χ0) is 20.6. The molecule has 1 atom stereocenters. The van der Waals surface area contributed by atoms with Gasteiger partial charge < -0.3 is 37.2 Å². The molecular weight excluding hydrogens is 491 g/mol. The molecule has 0 N–H and O–H groups in total. The number of hydrogen-bond acceptors (Lipinski definition) is 0. The predicted molar refractivity (Wildman–Crippen MR) is 119 cm³/mol. The first-order valence-electron chi connectivity index (χ1n) is 10.2. The Kier molecular flexibility index (Phi) is 10.1. The topological polar surface area (TPSA) is 0 Å². The summed E-state index contributed by atoms with van der Waals surface area (Å²) in [5, 5.41) is 0. The molecule has 0 spiro atoms. The van der Waals surface area contributed by atoms with Gasteiger partial charge in [0.15, 0.2) is 0 Å². The summed E-state index contributed by atoms with van der Waals surface area (Å²) in [5.74, 6) is 0. The molecule has 4 heteroatoms. The maximum atomic E-state index is 2.40. The second kappa shape index (κ2) is 11.2. The van der Waals surface area contributed by atoms with E-state index >= 15 is 0 Å². The van der Waals surface area contributed by atoms with Crippen molar-refractivity contribution in [2.45, 2.75) is 36.8 Å². The van der Waals surface area contributed by atoms with Gasteiger partial charge in [0, 0.05) is 0 Å². The van der Waals surface area contributed by atoms with Gasteiger partial charge in [-0.05, 0) is 0 Å². The van der Waals surface area contributed by atoms with E-state index in [2.05, 4.69) is 139 Å². The van der Waals surface area contributed by atoms with Crippen LogP contribution in [0.4, 0.5) is 0 Å². The summed E-state index contributed by atoms with van der Waals surface area (Å²) in [6.07, 6.45) is 6.90. The minimum atomic E-state index is -0.315. The second-order valence-electron chi connectivity index (χ2n) is 8.38. The summed E-state index contributed by atoms with van der Waals surface area (Å²) in [5.41, 5.74) is 8.98. The fourth-order valence-electron chi connectivity index (χ4n) is 4.84. The van der Waals surface area contributed by atoms with Crippen LogP contribution in [0.2, 0.25) is 3.72 Å². The Morgan fingerprint density at radius 3 is 1.28 bits per heavy atom.